The molecular formula is C18H24N2O3. The average molecular weight is 316 g/mol. The van der Waals surface area contributed by atoms with Crippen molar-refractivity contribution in [1.82, 2.24) is 10.2 Å². The van der Waals surface area contributed by atoms with Gasteiger partial charge in [-0.15, -0.1) is 0 Å². The van der Waals surface area contributed by atoms with E-state index in [1.165, 1.54) is 5.56 Å². The van der Waals surface area contributed by atoms with Gasteiger partial charge in [0.2, 0.25) is 11.8 Å². The summed E-state index contributed by atoms with van der Waals surface area (Å²) in [5, 5.41) is 3.05. The van der Waals surface area contributed by atoms with E-state index in [0.29, 0.717) is 26.0 Å². The maximum Gasteiger partial charge on any atom is 0.223 e. The van der Waals surface area contributed by atoms with E-state index in [0.717, 1.165) is 24.9 Å². The fourth-order valence-corrected chi connectivity index (χ4v) is 3.43. The highest BCUT2D eigenvalue weighted by Gasteiger charge is 2.28. The second-order valence-electron chi connectivity index (χ2n) is 6.26. The Balaban J connectivity index is 1.54. The first kappa shape index (κ1) is 16.0. The molecule has 2 atom stereocenters. The van der Waals surface area contributed by atoms with E-state index in [2.05, 4.69) is 11.4 Å². The molecule has 1 saturated heterocycles. The van der Waals surface area contributed by atoms with Crippen LogP contribution in [0.5, 0.6) is 0 Å². The maximum absolute atomic E-state index is 12.3. The lowest BCUT2D eigenvalue weighted by Gasteiger charge is -2.26. The highest BCUT2D eigenvalue weighted by Crippen LogP contribution is 2.29. The number of hydrogen-bond donors (Lipinski definition) is 1. The predicted octanol–water partition coefficient (Wildman–Crippen LogP) is 1.82. The van der Waals surface area contributed by atoms with Gasteiger partial charge >= 0.3 is 0 Å². The summed E-state index contributed by atoms with van der Waals surface area (Å²) in [4.78, 5) is 25.9. The Bertz CT molecular complexity index is 587. The fraction of sp³-hybridized carbons (Fsp3) is 0.556. The Labute approximate surface area is 137 Å². The zero-order valence-corrected chi connectivity index (χ0v) is 13.6. The Morgan fingerprint density at radius 2 is 2.17 bits per heavy atom. The number of carbonyl (C=O) groups is 2. The van der Waals surface area contributed by atoms with E-state index in [9.17, 15) is 9.59 Å². The second-order valence-corrected chi connectivity index (χ2v) is 6.26. The molecule has 0 bridgehead atoms. The quantitative estimate of drug-likeness (QED) is 0.922. The highest BCUT2D eigenvalue weighted by molar-refractivity contribution is 5.78. The molecule has 0 aliphatic carbocycles. The summed E-state index contributed by atoms with van der Waals surface area (Å²) in [7, 11) is 0. The molecule has 3 rings (SSSR count). The van der Waals surface area contributed by atoms with Crippen molar-refractivity contribution >= 4 is 11.8 Å². The molecule has 5 nitrogen and oxygen atoms in total. The molecule has 1 aromatic carbocycles. The Morgan fingerprint density at radius 3 is 3.00 bits per heavy atom. The van der Waals surface area contributed by atoms with E-state index >= 15 is 0 Å². The van der Waals surface area contributed by atoms with Crippen LogP contribution >= 0.6 is 0 Å². The summed E-state index contributed by atoms with van der Waals surface area (Å²) in [6, 6.07) is 8.23. The summed E-state index contributed by atoms with van der Waals surface area (Å²) in [6.45, 7) is 3.89. The van der Waals surface area contributed by atoms with Gasteiger partial charge in [0.05, 0.1) is 19.1 Å². The molecular weight excluding hydrogens is 292 g/mol. The first-order valence-corrected chi connectivity index (χ1v) is 8.44. The highest BCUT2D eigenvalue weighted by atomic mass is 16.5. The van der Waals surface area contributed by atoms with Gasteiger partial charge in [0, 0.05) is 25.6 Å². The van der Waals surface area contributed by atoms with Crippen molar-refractivity contribution in [3.05, 3.63) is 35.4 Å². The van der Waals surface area contributed by atoms with Crippen LogP contribution in [0.25, 0.3) is 0 Å². The van der Waals surface area contributed by atoms with Gasteiger partial charge in [0.15, 0.2) is 0 Å². The number of nitrogens with one attached hydrogen (secondary N) is 1. The first-order valence-electron chi connectivity index (χ1n) is 8.44. The third-order valence-corrected chi connectivity index (χ3v) is 4.67. The second kappa shape index (κ2) is 7.13. The third-order valence-electron chi connectivity index (χ3n) is 4.67. The van der Waals surface area contributed by atoms with E-state index in [-0.39, 0.29) is 24.0 Å². The summed E-state index contributed by atoms with van der Waals surface area (Å²) >= 11 is 0. The molecule has 124 valence electrons. The molecule has 2 amide bonds. The van der Waals surface area contributed by atoms with Crippen LogP contribution in [0.2, 0.25) is 0 Å². The van der Waals surface area contributed by atoms with Crippen molar-refractivity contribution < 1.29 is 14.3 Å². The number of hydrogen-bond acceptors (Lipinski definition) is 3. The van der Waals surface area contributed by atoms with Gasteiger partial charge in [-0.2, -0.15) is 0 Å². The van der Waals surface area contributed by atoms with E-state index in [1.807, 2.05) is 30.0 Å². The molecule has 0 spiro atoms. The Morgan fingerprint density at radius 1 is 1.35 bits per heavy atom. The molecule has 0 aromatic heterocycles. The van der Waals surface area contributed by atoms with E-state index < -0.39 is 0 Å². The van der Waals surface area contributed by atoms with Gasteiger partial charge in [-0.05, 0) is 24.0 Å². The van der Waals surface area contributed by atoms with Crippen molar-refractivity contribution in [2.24, 2.45) is 0 Å². The number of carbonyl (C=O) groups excluding carboxylic acids is 2. The van der Waals surface area contributed by atoms with Crippen molar-refractivity contribution in [3.63, 3.8) is 0 Å². The minimum atomic E-state index is -0.158. The number of ether oxygens (including phenoxy) is 1. The van der Waals surface area contributed by atoms with Crippen LogP contribution in [-0.4, -0.2) is 42.5 Å². The standard InChI is InChI=1S/C18H24N2O3/c1-2-18(22)20-9-7-14(12-20)19-17(21)11-16-15-6-4-3-5-13(15)8-10-23-16/h3-6,14,16H,2,7-12H2,1H3,(H,19,21)/t14-,16-/m1/s1. The Hall–Kier alpha value is -1.88. The van der Waals surface area contributed by atoms with Crippen molar-refractivity contribution in [2.75, 3.05) is 19.7 Å². The molecule has 23 heavy (non-hydrogen) atoms. The molecule has 2 heterocycles. The van der Waals surface area contributed by atoms with Gasteiger partial charge in [-0.25, -0.2) is 0 Å². The summed E-state index contributed by atoms with van der Waals surface area (Å²) in [5.74, 6) is 0.161. The molecule has 0 saturated carbocycles. The van der Waals surface area contributed by atoms with Crippen LogP contribution in [0, 0.1) is 0 Å². The van der Waals surface area contributed by atoms with Crippen molar-refractivity contribution in [3.8, 4) is 0 Å². The molecule has 2 aliphatic rings. The zero-order valence-electron chi connectivity index (χ0n) is 13.6. The normalized spacial score (nSPS) is 23.4. The van der Waals surface area contributed by atoms with Gasteiger partial charge in [0.1, 0.15) is 0 Å². The average Bonchev–Trinajstić information content (AvgIpc) is 3.03. The monoisotopic (exact) mass is 316 g/mol. The van der Waals surface area contributed by atoms with Crippen molar-refractivity contribution in [1.29, 1.82) is 0 Å². The minimum Gasteiger partial charge on any atom is -0.373 e. The largest absolute Gasteiger partial charge is 0.373 e. The maximum atomic E-state index is 12.3. The molecule has 1 aromatic rings. The third kappa shape index (κ3) is 3.72. The molecule has 5 heteroatoms. The lowest BCUT2D eigenvalue weighted by atomic mass is 9.95. The number of amides is 2. The number of nitrogens with zero attached hydrogens (tertiary/aromatic N) is 1. The topological polar surface area (TPSA) is 58.6 Å². The molecule has 0 unspecified atom stereocenters. The summed E-state index contributed by atoms with van der Waals surface area (Å²) < 4.78 is 5.79. The number of benzene rings is 1. The number of likely N-dealkylation sites (tertiary alicyclic amines) is 1. The van der Waals surface area contributed by atoms with Crippen LogP contribution in [-0.2, 0) is 20.7 Å². The predicted molar refractivity (Wildman–Crippen MR) is 86.9 cm³/mol. The fourth-order valence-electron chi connectivity index (χ4n) is 3.43. The van der Waals surface area contributed by atoms with Crippen LogP contribution in [0.4, 0.5) is 0 Å². The summed E-state index contributed by atoms with van der Waals surface area (Å²) in [6.07, 6.45) is 2.45. The van der Waals surface area contributed by atoms with E-state index in [1.54, 1.807) is 0 Å². The zero-order chi connectivity index (χ0) is 16.2. The summed E-state index contributed by atoms with van der Waals surface area (Å²) in [5.41, 5.74) is 2.40. The number of fused-ring (bicyclic) bond motifs is 1. The molecule has 2 aliphatic heterocycles. The smallest absolute Gasteiger partial charge is 0.223 e. The van der Waals surface area contributed by atoms with Crippen LogP contribution < -0.4 is 5.32 Å². The van der Waals surface area contributed by atoms with Crippen LogP contribution in [0.1, 0.15) is 43.4 Å². The van der Waals surface area contributed by atoms with Gasteiger partial charge in [0.25, 0.3) is 0 Å². The van der Waals surface area contributed by atoms with E-state index in [4.69, 9.17) is 4.74 Å². The molecule has 1 N–H and O–H groups in total. The lowest BCUT2D eigenvalue weighted by Crippen LogP contribution is -2.39. The molecule has 0 radical (unpaired) electrons. The Kier molecular flexibility index (Phi) is 4.96. The number of rotatable bonds is 4. The lowest BCUT2D eigenvalue weighted by molar-refractivity contribution is -0.130. The SMILES string of the molecule is CCC(=O)N1CC[C@@H](NC(=O)C[C@H]2OCCc3ccccc32)C1. The van der Waals surface area contributed by atoms with Crippen LogP contribution in [0.3, 0.4) is 0 Å². The first-order chi connectivity index (χ1) is 11.2. The molecule has 1 fully saturated rings. The van der Waals surface area contributed by atoms with Gasteiger partial charge in [-0.3, -0.25) is 9.59 Å². The van der Waals surface area contributed by atoms with Crippen molar-refractivity contribution in [2.45, 2.75) is 44.8 Å². The van der Waals surface area contributed by atoms with Gasteiger partial charge < -0.3 is 15.0 Å². The van der Waals surface area contributed by atoms with Gasteiger partial charge in [-0.1, -0.05) is 31.2 Å². The minimum absolute atomic E-state index is 0.00232. The van der Waals surface area contributed by atoms with Crippen LogP contribution in [0.15, 0.2) is 24.3 Å².